The zero-order chi connectivity index (χ0) is 19.7. The maximum absolute atomic E-state index is 4.06. The maximum Gasteiger partial charge on any atom is 0.00477 e. The molecule has 0 saturated carbocycles. The minimum Gasteiger partial charge on any atom is -0.302 e. The Labute approximate surface area is 163 Å². The largest absolute Gasteiger partial charge is 0.302 e. The second-order valence-electron chi connectivity index (χ2n) is 8.45. The molecule has 0 heterocycles. The second-order valence-corrected chi connectivity index (χ2v) is 8.45. The first kappa shape index (κ1) is 22.7. The molecule has 1 aliphatic rings. The Morgan fingerprint density at radius 3 is 2.27 bits per heavy atom. The lowest BCUT2D eigenvalue weighted by Crippen LogP contribution is -2.31. The van der Waals surface area contributed by atoms with Gasteiger partial charge < -0.3 is 4.90 Å². The van der Waals surface area contributed by atoms with Crippen LogP contribution in [-0.2, 0) is 0 Å². The van der Waals surface area contributed by atoms with Crippen LogP contribution in [0.5, 0.6) is 0 Å². The van der Waals surface area contributed by atoms with Crippen molar-refractivity contribution in [3.63, 3.8) is 0 Å². The molecule has 0 aromatic carbocycles. The van der Waals surface area contributed by atoms with E-state index in [1.165, 1.54) is 24.1 Å². The van der Waals surface area contributed by atoms with Crippen LogP contribution in [0.4, 0.5) is 0 Å². The van der Waals surface area contributed by atoms with Gasteiger partial charge in [-0.2, -0.15) is 0 Å². The van der Waals surface area contributed by atoms with Crippen LogP contribution in [0, 0.1) is 11.8 Å². The van der Waals surface area contributed by atoms with Gasteiger partial charge in [0.25, 0.3) is 0 Å². The smallest absolute Gasteiger partial charge is 0.00477 e. The van der Waals surface area contributed by atoms with Crippen LogP contribution < -0.4 is 0 Å². The van der Waals surface area contributed by atoms with Gasteiger partial charge in [0.1, 0.15) is 0 Å². The average molecular weight is 356 g/mol. The van der Waals surface area contributed by atoms with Crippen molar-refractivity contribution in [2.75, 3.05) is 19.6 Å². The second kappa shape index (κ2) is 11.4. The van der Waals surface area contributed by atoms with Gasteiger partial charge in [0, 0.05) is 13.1 Å². The fourth-order valence-corrected chi connectivity index (χ4v) is 3.86. The summed E-state index contributed by atoms with van der Waals surface area (Å²) in [5.74, 6) is 1.24. The van der Waals surface area contributed by atoms with Crippen molar-refractivity contribution in [2.24, 2.45) is 11.8 Å². The molecule has 146 valence electrons. The van der Waals surface area contributed by atoms with Crippen LogP contribution in [0.1, 0.15) is 67.7 Å². The van der Waals surface area contributed by atoms with E-state index in [1.807, 2.05) is 0 Å². The molecule has 1 unspecified atom stereocenters. The summed E-state index contributed by atoms with van der Waals surface area (Å²) < 4.78 is 0. The van der Waals surface area contributed by atoms with Crippen LogP contribution in [0.15, 0.2) is 58.7 Å². The average Bonchev–Trinajstić information content (AvgIpc) is 3.01. The van der Waals surface area contributed by atoms with E-state index in [0.29, 0.717) is 11.8 Å². The van der Waals surface area contributed by atoms with Crippen LogP contribution in [-0.4, -0.2) is 24.5 Å². The Balaban J connectivity index is 2.75. The van der Waals surface area contributed by atoms with E-state index in [-0.39, 0.29) is 0 Å². The molecule has 1 rings (SSSR count). The van der Waals surface area contributed by atoms with Gasteiger partial charge in [-0.25, -0.2) is 0 Å². The summed E-state index contributed by atoms with van der Waals surface area (Å²) in [7, 11) is 0. The highest BCUT2D eigenvalue weighted by Crippen LogP contribution is 2.32. The lowest BCUT2D eigenvalue weighted by molar-refractivity contribution is 0.253. The van der Waals surface area contributed by atoms with Gasteiger partial charge in [0.2, 0.25) is 0 Å². The number of rotatable bonds is 11. The molecule has 1 atom stereocenters. The molecule has 0 amide bonds. The number of allylic oxidation sites excluding steroid dienone is 7. The number of hydrogen-bond donors (Lipinski definition) is 0. The van der Waals surface area contributed by atoms with Crippen molar-refractivity contribution in [2.45, 2.75) is 67.7 Å². The third-order valence-electron chi connectivity index (χ3n) is 4.86. The van der Waals surface area contributed by atoms with E-state index in [1.54, 1.807) is 11.1 Å². The molecule has 0 radical (unpaired) electrons. The van der Waals surface area contributed by atoms with E-state index < -0.39 is 0 Å². The first-order valence-corrected chi connectivity index (χ1v) is 10.4. The highest BCUT2D eigenvalue weighted by atomic mass is 15.1. The van der Waals surface area contributed by atoms with Crippen molar-refractivity contribution >= 4 is 0 Å². The minimum absolute atomic E-state index is 0.606. The summed E-state index contributed by atoms with van der Waals surface area (Å²) in [4.78, 5) is 2.65. The van der Waals surface area contributed by atoms with Gasteiger partial charge in [-0.15, -0.1) is 0 Å². The van der Waals surface area contributed by atoms with Crippen molar-refractivity contribution in [1.29, 1.82) is 0 Å². The third-order valence-corrected chi connectivity index (χ3v) is 4.86. The normalized spacial score (nSPS) is 16.0. The van der Waals surface area contributed by atoms with E-state index in [4.69, 9.17) is 0 Å². The topological polar surface area (TPSA) is 3.24 Å². The highest BCUT2D eigenvalue weighted by Gasteiger charge is 2.20. The van der Waals surface area contributed by atoms with E-state index in [0.717, 1.165) is 31.5 Å². The summed E-state index contributed by atoms with van der Waals surface area (Å²) in [5.41, 5.74) is 7.05. The van der Waals surface area contributed by atoms with Crippen LogP contribution >= 0.6 is 0 Å². The molecule has 1 nitrogen and oxygen atoms in total. The summed E-state index contributed by atoms with van der Waals surface area (Å²) in [6, 6.07) is 0. The van der Waals surface area contributed by atoms with Crippen molar-refractivity contribution < 1.29 is 0 Å². The molecule has 0 N–H and O–H groups in total. The van der Waals surface area contributed by atoms with Crippen LogP contribution in [0.2, 0.25) is 0 Å². The Bertz CT molecular complexity index is 579. The third kappa shape index (κ3) is 7.91. The Kier molecular flexibility index (Phi) is 9.94. The molecule has 0 fully saturated rings. The van der Waals surface area contributed by atoms with Crippen molar-refractivity contribution in [1.82, 2.24) is 4.90 Å². The first-order chi connectivity index (χ1) is 12.2. The molecule has 1 aliphatic carbocycles. The fourth-order valence-electron chi connectivity index (χ4n) is 3.86. The summed E-state index contributed by atoms with van der Waals surface area (Å²) in [5, 5.41) is 0. The molecule has 0 bridgehead atoms. The van der Waals surface area contributed by atoms with E-state index in [2.05, 4.69) is 84.2 Å². The standard InChI is InChI=1S/C25H41N/c1-9-14-26(15-13-23(16-19(2)3)17-20(4)5)18-22(8)25-12-10-11-24(25)21(6)7/h11-12,16-17,21-22H,2,9-10,13-15,18H2,1,3-8H3/b23-16-. The van der Waals surface area contributed by atoms with Gasteiger partial charge in [-0.3, -0.25) is 0 Å². The van der Waals surface area contributed by atoms with Gasteiger partial charge in [-0.1, -0.05) is 69.7 Å². The van der Waals surface area contributed by atoms with Gasteiger partial charge >= 0.3 is 0 Å². The molecule has 0 spiro atoms. The quantitative estimate of drug-likeness (QED) is 0.357. The summed E-state index contributed by atoms with van der Waals surface area (Å²) in [6.07, 6.45) is 12.8. The Morgan fingerprint density at radius 1 is 1.08 bits per heavy atom. The Hall–Kier alpha value is -1.34. The molecule has 1 heteroatoms. The molecular weight excluding hydrogens is 314 g/mol. The summed E-state index contributed by atoms with van der Waals surface area (Å²) in [6.45, 7) is 23.2. The van der Waals surface area contributed by atoms with Crippen LogP contribution in [0.25, 0.3) is 0 Å². The van der Waals surface area contributed by atoms with E-state index >= 15 is 0 Å². The van der Waals surface area contributed by atoms with Gasteiger partial charge in [-0.05, 0) is 75.1 Å². The molecule has 26 heavy (non-hydrogen) atoms. The lowest BCUT2D eigenvalue weighted by atomic mass is 9.89. The number of hydrogen-bond acceptors (Lipinski definition) is 1. The van der Waals surface area contributed by atoms with E-state index in [9.17, 15) is 0 Å². The monoisotopic (exact) mass is 355 g/mol. The zero-order valence-corrected chi connectivity index (χ0v) is 18.4. The molecule has 0 saturated heterocycles. The zero-order valence-electron chi connectivity index (χ0n) is 18.4. The maximum atomic E-state index is 4.06. The lowest BCUT2D eigenvalue weighted by Gasteiger charge is -2.28. The predicted octanol–water partition coefficient (Wildman–Crippen LogP) is 7.11. The van der Waals surface area contributed by atoms with Crippen molar-refractivity contribution in [3.05, 3.63) is 58.7 Å². The fraction of sp³-hybridized carbons (Fsp3) is 0.600. The number of nitrogens with zero attached hydrogens (tertiary/aromatic N) is 1. The summed E-state index contributed by atoms with van der Waals surface area (Å²) >= 11 is 0. The molecular formula is C25H41N. The molecule has 0 aromatic heterocycles. The predicted molar refractivity (Wildman–Crippen MR) is 118 cm³/mol. The SMILES string of the molecule is C=C(C)/C=C(\C=C(C)C)CCN(CCC)CC(C)C1=CCC=C1C(C)C. The first-order valence-electron chi connectivity index (χ1n) is 10.4. The Morgan fingerprint density at radius 2 is 1.73 bits per heavy atom. The molecule has 0 aliphatic heterocycles. The minimum atomic E-state index is 0.606. The van der Waals surface area contributed by atoms with Gasteiger partial charge in [0.15, 0.2) is 0 Å². The highest BCUT2D eigenvalue weighted by molar-refractivity contribution is 5.39. The molecule has 0 aromatic rings. The van der Waals surface area contributed by atoms with Crippen LogP contribution in [0.3, 0.4) is 0 Å². The van der Waals surface area contributed by atoms with Crippen molar-refractivity contribution in [3.8, 4) is 0 Å². The van der Waals surface area contributed by atoms with Gasteiger partial charge in [0.05, 0.1) is 0 Å².